The Bertz CT molecular complexity index is 621. The number of likely N-dealkylation sites (N-methyl/N-ethyl adjacent to an activating group) is 1. The van der Waals surface area contributed by atoms with Crippen molar-refractivity contribution in [2.24, 2.45) is 4.99 Å². The molecule has 2 rings (SSSR count). The van der Waals surface area contributed by atoms with Gasteiger partial charge in [-0.2, -0.15) is 11.8 Å². The Balaban J connectivity index is 2.11. The number of carbonyl (C=O) groups is 1. The van der Waals surface area contributed by atoms with Crippen molar-refractivity contribution in [3.63, 3.8) is 0 Å². The second-order valence-corrected chi connectivity index (χ2v) is 7.50. The van der Waals surface area contributed by atoms with Crippen molar-refractivity contribution in [3.8, 4) is 0 Å². The molecule has 6 nitrogen and oxygen atoms in total. The summed E-state index contributed by atoms with van der Waals surface area (Å²) in [5, 5.41) is 3.40. The summed E-state index contributed by atoms with van der Waals surface area (Å²) in [6, 6.07) is 8.32. The number of aryl methyl sites for hydroxylation is 1. The molecule has 7 heteroatoms. The second kappa shape index (κ2) is 10.4. The van der Waals surface area contributed by atoms with E-state index in [1.807, 2.05) is 12.1 Å². The number of thioether (sulfide) groups is 1. The molecule has 0 radical (unpaired) electrons. The van der Waals surface area contributed by atoms with Gasteiger partial charge >= 0.3 is 0 Å². The largest absolute Gasteiger partial charge is 0.370 e. The fraction of sp³-hybridized carbons (Fsp3) is 0.579. The van der Waals surface area contributed by atoms with E-state index in [0.717, 1.165) is 31.3 Å². The lowest BCUT2D eigenvalue weighted by Crippen LogP contribution is -2.49. The lowest BCUT2D eigenvalue weighted by Gasteiger charge is -2.36. The molecule has 0 aromatic heterocycles. The molecule has 1 aromatic carbocycles. The minimum atomic E-state index is -0.00196. The molecule has 0 spiro atoms. The zero-order chi connectivity index (χ0) is 18.9. The number of nitrogens with one attached hydrogen (secondary N) is 1. The average molecular weight is 379 g/mol. The molecule has 1 N–H and O–H groups in total. The molecule has 1 amide bonds. The number of rotatable bonds is 6. The van der Waals surface area contributed by atoms with E-state index in [0.29, 0.717) is 6.61 Å². The predicted octanol–water partition coefficient (Wildman–Crippen LogP) is 1.77. The molecule has 0 aliphatic carbocycles. The van der Waals surface area contributed by atoms with Crippen LogP contribution in [0.15, 0.2) is 29.3 Å². The van der Waals surface area contributed by atoms with Crippen LogP contribution >= 0.6 is 11.8 Å². The number of ether oxygens (including phenoxy) is 1. The predicted molar refractivity (Wildman–Crippen MR) is 109 cm³/mol. The van der Waals surface area contributed by atoms with Gasteiger partial charge < -0.3 is 19.9 Å². The molecule has 1 atom stereocenters. The van der Waals surface area contributed by atoms with E-state index >= 15 is 0 Å². The Labute approximate surface area is 161 Å². The first-order valence-corrected chi connectivity index (χ1v) is 10.3. The number of amides is 1. The maximum absolute atomic E-state index is 11.9. The molecular weight excluding hydrogens is 348 g/mol. The first-order valence-electron chi connectivity index (χ1n) is 8.92. The summed E-state index contributed by atoms with van der Waals surface area (Å²) in [7, 11) is 3.50. The number of nitrogens with zero attached hydrogens (tertiary/aromatic N) is 3. The summed E-state index contributed by atoms with van der Waals surface area (Å²) in [4.78, 5) is 20.3. The van der Waals surface area contributed by atoms with Crippen LogP contribution in [0.5, 0.6) is 0 Å². The third kappa shape index (κ3) is 5.92. The molecule has 0 saturated carbocycles. The van der Waals surface area contributed by atoms with Gasteiger partial charge in [0.25, 0.3) is 0 Å². The first-order chi connectivity index (χ1) is 12.5. The van der Waals surface area contributed by atoms with E-state index in [9.17, 15) is 4.79 Å². The Morgan fingerprint density at radius 1 is 1.42 bits per heavy atom. The maximum atomic E-state index is 11.9. The van der Waals surface area contributed by atoms with Gasteiger partial charge in [0.15, 0.2) is 5.96 Å². The number of hydrogen-bond donors (Lipinski definition) is 1. The Morgan fingerprint density at radius 3 is 2.88 bits per heavy atom. The van der Waals surface area contributed by atoms with E-state index in [4.69, 9.17) is 4.74 Å². The van der Waals surface area contributed by atoms with Gasteiger partial charge in [-0.15, -0.1) is 0 Å². The third-order valence-electron chi connectivity index (χ3n) is 4.35. The number of aliphatic imine (C=N–C) groups is 1. The van der Waals surface area contributed by atoms with Crippen molar-refractivity contribution in [1.82, 2.24) is 15.1 Å². The summed E-state index contributed by atoms with van der Waals surface area (Å²) < 4.78 is 6.01. The van der Waals surface area contributed by atoms with Gasteiger partial charge in [0.2, 0.25) is 5.91 Å². The lowest BCUT2D eigenvalue weighted by molar-refractivity contribution is -0.127. The number of hydrogen-bond acceptors (Lipinski definition) is 4. The van der Waals surface area contributed by atoms with E-state index < -0.39 is 0 Å². The zero-order valence-corrected chi connectivity index (χ0v) is 17.0. The molecule has 1 saturated heterocycles. The van der Waals surface area contributed by atoms with Crippen molar-refractivity contribution < 1.29 is 9.53 Å². The average Bonchev–Trinajstić information content (AvgIpc) is 2.64. The highest BCUT2D eigenvalue weighted by Crippen LogP contribution is 2.24. The monoisotopic (exact) mass is 378 g/mol. The standard InChI is InChI=1S/C19H30N4O2S/c1-15-7-5-6-8-16(15)17-14-23(10-11-25-17)19(20-9-12-26-4)21-13-18(24)22(2)3/h5-8,17H,9-14H2,1-4H3,(H,20,21). The van der Waals surface area contributed by atoms with Crippen LogP contribution in [-0.2, 0) is 9.53 Å². The van der Waals surface area contributed by atoms with Crippen LogP contribution in [0, 0.1) is 6.92 Å². The van der Waals surface area contributed by atoms with Gasteiger partial charge in [0.1, 0.15) is 12.6 Å². The van der Waals surface area contributed by atoms with E-state index in [2.05, 4.69) is 40.5 Å². The van der Waals surface area contributed by atoms with E-state index in [1.54, 1.807) is 30.8 Å². The van der Waals surface area contributed by atoms with Crippen molar-refractivity contribution in [1.29, 1.82) is 0 Å². The van der Waals surface area contributed by atoms with Crippen LogP contribution in [0.25, 0.3) is 0 Å². The highest BCUT2D eigenvalue weighted by Gasteiger charge is 2.25. The fourth-order valence-corrected chi connectivity index (χ4v) is 3.10. The SMILES string of the molecule is CSCCNC(=NCC(=O)N(C)C)N1CCOC(c2ccccc2C)C1. The van der Waals surface area contributed by atoms with Crippen molar-refractivity contribution in [2.75, 3.05) is 58.9 Å². The molecule has 0 bridgehead atoms. The summed E-state index contributed by atoms with van der Waals surface area (Å²) in [6.07, 6.45) is 2.10. The van der Waals surface area contributed by atoms with Gasteiger partial charge in [0, 0.05) is 32.9 Å². The molecule has 1 unspecified atom stereocenters. The van der Waals surface area contributed by atoms with Gasteiger partial charge in [-0.25, -0.2) is 4.99 Å². The summed E-state index contributed by atoms with van der Waals surface area (Å²) >= 11 is 1.78. The number of benzene rings is 1. The molecule has 1 aromatic rings. The van der Waals surface area contributed by atoms with Gasteiger partial charge in [-0.05, 0) is 24.3 Å². The summed E-state index contributed by atoms with van der Waals surface area (Å²) in [5.41, 5.74) is 2.45. The van der Waals surface area contributed by atoms with Crippen molar-refractivity contribution >= 4 is 23.6 Å². The smallest absolute Gasteiger partial charge is 0.243 e. The van der Waals surface area contributed by atoms with Crippen LogP contribution in [0.4, 0.5) is 0 Å². The van der Waals surface area contributed by atoms with Crippen molar-refractivity contribution in [2.45, 2.75) is 13.0 Å². The van der Waals surface area contributed by atoms with E-state index in [-0.39, 0.29) is 18.6 Å². The Morgan fingerprint density at radius 2 is 2.19 bits per heavy atom. The Hall–Kier alpha value is -1.73. The second-order valence-electron chi connectivity index (χ2n) is 6.51. The number of carbonyl (C=O) groups excluding carboxylic acids is 1. The quantitative estimate of drug-likeness (QED) is 0.464. The minimum Gasteiger partial charge on any atom is -0.370 e. The molecule has 1 fully saturated rings. The van der Waals surface area contributed by atoms with Gasteiger partial charge in [-0.1, -0.05) is 24.3 Å². The summed E-state index contributed by atoms with van der Waals surface area (Å²) in [5.74, 6) is 1.78. The van der Waals surface area contributed by atoms with Crippen LogP contribution in [-0.4, -0.2) is 80.6 Å². The number of guanidine groups is 1. The fourth-order valence-electron chi connectivity index (χ4n) is 2.79. The van der Waals surface area contributed by atoms with Crippen LogP contribution in [0.2, 0.25) is 0 Å². The minimum absolute atomic E-state index is 0.00196. The van der Waals surface area contributed by atoms with Crippen LogP contribution in [0.3, 0.4) is 0 Å². The molecular formula is C19H30N4O2S. The normalized spacial score (nSPS) is 17.9. The molecule has 144 valence electrons. The van der Waals surface area contributed by atoms with Crippen LogP contribution < -0.4 is 5.32 Å². The molecule has 1 heterocycles. The topological polar surface area (TPSA) is 57.2 Å². The third-order valence-corrected chi connectivity index (χ3v) is 4.97. The van der Waals surface area contributed by atoms with Crippen molar-refractivity contribution in [3.05, 3.63) is 35.4 Å². The zero-order valence-electron chi connectivity index (χ0n) is 16.2. The maximum Gasteiger partial charge on any atom is 0.243 e. The summed E-state index contributed by atoms with van der Waals surface area (Å²) in [6.45, 7) is 5.22. The molecule has 1 aliphatic rings. The van der Waals surface area contributed by atoms with E-state index in [1.165, 1.54) is 11.1 Å². The highest BCUT2D eigenvalue weighted by molar-refractivity contribution is 7.98. The Kier molecular flexibility index (Phi) is 8.25. The first kappa shape index (κ1) is 20.6. The van der Waals surface area contributed by atoms with Crippen LogP contribution in [0.1, 0.15) is 17.2 Å². The molecule has 26 heavy (non-hydrogen) atoms. The van der Waals surface area contributed by atoms with Gasteiger partial charge in [0.05, 0.1) is 13.2 Å². The lowest BCUT2D eigenvalue weighted by atomic mass is 10.0. The van der Waals surface area contributed by atoms with Gasteiger partial charge in [-0.3, -0.25) is 4.79 Å². The molecule has 1 aliphatic heterocycles. The highest BCUT2D eigenvalue weighted by atomic mass is 32.2. The number of morpholine rings is 1.